The molecule has 0 atom stereocenters. The van der Waals surface area contributed by atoms with Crippen LogP contribution in [0.25, 0.3) is 0 Å². The molecule has 0 aliphatic carbocycles. The summed E-state index contributed by atoms with van der Waals surface area (Å²) in [5, 5.41) is 18.9. The molecule has 1 fully saturated rings. The lowest BCUT2D eigenvalue weighted by atomic mass is 9.91. The number of nitrogens with zero attached hydrogens (tertiary/aromatic N) is 1. The number of hydrogen-bond donors (Lipinski definition) is 2. The first-order valence-corrected chi connectivity index (χ1v) is 7.60. The average Bonchev–Trinajstić information content (AvgIpc) is 2.55. The van der Waals surface area contributed by atoms with E-state index < -0.39 is 11.6 Å². The first-order valence-electron chi connectivity index (χ1n) is 7.60. The number of fused-ring (bicyclic) bond motifs is 1. The van der Waals surface area contributed by atoms with E-state index in [9.17, 15) is 14.7 Å². The van der Waals surface area contributed by atoms with Crippen LogP contribution in [0.2, 0.25) is 0 Å². The first kappa shape index (κ1) is 15.6. The van der Waals surface area contributed by atoms with E-state index in [2.05, 4.69) is 0 Å². The van der Waals surface area contributed by atoms with Crippen LogP contribution in [0.3, 0.4) is 0 Å². The minimum Gasteiger partial charge on any atom is -0.486 e. The number of aliphatic carboxylic acids is 1. The van der Waals surface area contributed by atoms with Gasteiger partial charge in [-0.15, -0.1) is 0 Å². The number of rotatable bonds is 3. The molecule has 2 heterocycles. The number of ether oxygens (including phenoxy) is 2. The minimum absolute atomic E-state index is 0.0508. The molecule has 3 rings (SSSR count). The molecule has 1 aromatic rings. The van der Waals surface area contributed by atoms with Crippen molar-refractivity contribution in [2.45, 2.75) is 24.9 Å². The first-order chi connectivity index (χ1) is 11.0. The third-order valence-electron chi connectivity index (χ3n) is 4.30. The summed E-state index contributed by atoms with van der Waals surface area (Å²) in [4.78, 5) is 24.9. The molecule has 1 saturated heterocycles. The van der Waals surface area contributed by atoms with Gasteiger partial charge < -0.3 is 24.6 Å². The number of carbonyl (C=O) groups is 2. The van der Waals surface area contributed by atoms with Crippen molar-refractivity contribution in [1.82, 2.24) is 4.90 Å². The summed E-state index contributed by atoms with van der Waals surface area (Å²) in [7, 11) is 0. The number of amides is 1. The molecular formula is C16H19NO6. The van der Waals surface area contributed by atoms with Crippen LogP contribution < -0.4 is 9.47 Å². The zero-order chi connectivity index (χ0) is 16.4. The van der Waals surface area contributed by atoms with E-state index in [0.29, 0.717) is 24.7 Å². The van der Waals surface area contributed by atoms with Crippen molar-refractivity contribution in [1.29, 1.82) is 0 Å². The highest BCUT2D eigenvalue weighted by molar-refractivity contribution is 5.81. The van der Waals surface area contributed by atoms with Gasteiger partial charge in [0.2, 0.25) is 5.91 Å². The van der Waals surface area contributed by atoms with E-state index in [0.717, 1.165) is 5.56 Å². The zero-order valence-electron chi connectivity index (χ0n) is 12.7. The number of carbonyl (C=O) groups excluding carboxylic acids is 1. The second-order valence-corrected chi connectivity index (χ2v) is 5.87. The molecule has 7 nitrogen and oxygen atoms in total. The fraction of sp³-hybridized carbons (Fsp3) is 0.500. The average molecular weight is 321 g/mol. The largest absolute Gasteiger partial charge is 0.486 e. The predicted molar refractivity (Wildman–Crippen MR) is 79.5 cm³/mol. The highest BCUT2D eigenvalue weighted by atomic mass is 16.6. The second kappa shape index (κ2) is 6.08. The van der Waals surface area contributed by atoms with E-state index >= 15 is 0 Å². The summed E-state index contributed by atoms with van der Waals surface area (Å²) >= 11 is 0. The Morgan fingerprint density at radius 3 is 2.43 bits per heavy atom. The molecule has 0 unspecified atom stereocenters. The molecule has 0 bridgehead atoms. The smallest absolute Gasteiger partial charge is 0.335 e. The van der Waals surface area contributed by atoms with Crippen molar-refractivity contribution >= 4 is 11.9 Å². The molecular weight excluding hydrogens is 302 g/mol. The third kappa shape index (κ3) is 3.24. The Hall–Kier alpha value is -2.28. The highest BCUT2D eigenvalue weighted by Crippen LogP contribution is 2.31. The summed E-state index contributed by atoms with van der Waals surface area (Å²) in [5.41, 5.74) is -0.897. The maximum Gasteiger partial charge on any atom is 0.335 e. The van der Waals surface area contributed by atoms with Crippen LogP contribution >= 0.6 is 0 Å². The minimum atomic E-state index is -1.71. The summed E-state index contributed by atoms with van der Waals surface area (Å²) < 4.78 is 10.9. The van der Waals surface area contributed by atoms with E-state index in [4.69, 9.17) is 14.6 Å². The van der Waals surface area contributed by atoms with Crippen LogP contribution in [0.15, 0.2) is 18.2 Å². The van der Waals surface area contributed by atoms with Crippen molar-refractivity contribution in [3.05, 3.63) is 23.8 Å². The SMILES string of the molecule is O=C(Cc1ccc2c(c1)OCCO2)N1CCC(O)(C(=O)O)CC1. The lowest BCUT2D eigenvalue weighted by molar-refractivity contribution is -0.165. The molecule has 1 amide bonds. The Balaban J connectivity index is 1.61. The van der Waals surface area contributed by atoms with Crippen molar-refractivity contribution in [3.63, 3.8) is 0 Å². The number of likely N-dealkylation sites (tertiary alicyclic amines) is 1. The van der Waals surface area contributed by atoms with Gasteiger partial charge >= 0.3 is 5.97 Å². The number of piperidine rings is 1. The molecule has 0 radical (unpaired) electrons. The maximum absolute atomic E-state index is 12.3. The maximum atomic E-state index is 12.3. The van der Waals surface area contributed by atoms with Crippen LogP contribution in [0.4, 0.5) is 0 Å². The molecule has 0 saturated carbocycles. The Morgan fingerprint density at radius 1 is 1.13 bits per heavy atom. The van der Waals surface area contributed by atoms with Gasteiger partial charge in [0.05, 0.1) is 6.42 Å². The van der Waals surface area contributed by atoms with E-state index in [-0.39, 0.29) is 38.3 Å². The Kier molecular flexibility index (Phi) is 4.12. The monoisotopic (exact) mass is 321 g/mol. The molecule has 0 spiro atoms. The molecule has 124 valence electrons. The Morgan fingerprint density at radius 2 is 1.78 bits per heavy atom. The molecule has 23 heavy (non-hydrogen) atoms. The number of carboxylic acids is 1. The summed E-state index contributed by atoms with van der Waals surface area (Å²) in [5.74, 6) is 0.00272. The van der Waals surface area contributed by atoms with Crippen LogP contribution in [-0.4, -0.2) is 58.9 Å². The molecule has 2 N–H and O–H groups in total. The van der Waals surface area contributed by atoms with Gasteiger partial charge in [-0.3, -0.25) is 4.79 Å². The van der Waals surface area contributed by atoms with Crippen molar-refractivity contribution < 1.29 is 29.3 Å². The number of benzene rings is 1. The van der Waals surface area contributed by atoms with Crippen molar-refractivity contribution in [3.8, 4) is 11.5 Å². The summed E-state index contributed by atoms with van der Waals surface area (Å²) in [6, 6.07) is 5.41. The number of hydrogen-bond acceptors (Lipinski definition) is 5. The predicted octanol–water partition coefficient (Wildman–Crippen LogP) is 0.438. The summed E-state index contributed by atoms with van der Waals surface area (Å²) in [6.07, 6.45) is 0.312. The van der Waals surface area contributed by atoms with Gasteiger partial charge in [-0.25, -0.2) is 4.79 Å². The quantitative estimate of drug-likeness (QED) is 0.838. The molecule has 2 aliphatic heterocycles. The van der Waals surface area contributed by atoms with Crippen LogP contribution in [-0.2, 0) is 16.0 Å². The van der Waals surface area contributed by atoms with Gasteiger partial charge in [-0.2, -0.15) is 0 Å². The Bertz CT molecular complexity index is 621. The Labute approximate surface area is 133 Å². The topological polar surface area (TPSA) is 96.3 Å². The standard InChI is InChI=1S/C16H19NO6/c18-14(17-5-3-16(21,4-6-17)15(19)20)10-11-1-2-12-13(9-11)23-8-7-22-12/h1-2,9,21H,3-8,10H2,(H,19,20). The van der Waals surface area contributed by atoms with Gasteiger partial charge in [0.1, 0.15) is 13.2 Å². The molecule has 2 aliphatic rings. The number of carboxylic acid groups (broad SMARTS) is 1. The third-order valence-corrected chi connectivity index (χ3v) is 4.30. The van der Waals surface area contributed by atoms with E-state index in [1.807, 2.05) is 6.07 Å². The fourth-order valence-electron chi connectivity index (χ4n) is 2.82. The van der Waals surface area contributed by atoms with E-state index in [1.54, 1.807) is 17.0 Å². The zero-order valence-corrected chi connectivity index (χ0v) is 12.7. The van der Waals surface area contributed by atoms with Gasteiger partial charge in [0.25, 0.3) is 0 Å². The van der Waals surface area contributed by atoms with Gasteiger partial charge in [0, 0.05) is 25.9 Å². The molecule has 7 heteroatoms. The van der Waals surface area contributed by atoms with Crippen molar-refractivity contribution in [2.75, 3.05) is 26.3 Å². The molecule has 1 aromatic carbocycles. The fourth-order valence-corrected chi connectivity index (χ4v) is 2.82. The van der Waals surface area contributed by atoms with Crippen LogP contribution in [0.5, 0.6) is 11.5 Å². The van der Waals surface area contributed by atoms with Gasteiger partial charge in [-0.1, -0.05) is 6.07 Å². The van der Waals surface area contributed by atoms with Crippen molar-refractivity contribution in [2.24, 2.45) is 0 Å². The number of aliphatic hydroxyl groups is 1. The van der Waals surface area contributed by atoms with Crippen LogP contribution in [0, 0.1) is 0 Å². The van der Waals surface area contributed by atoms with Crippen LogP contribution in [0.1, 0.15) is 18.4 Å². The normalized spacial score (nSPS) is 19.3. The summed E-state index contributed by atoms with van der Waals surface area (Å²) in [6.45, 7) is 1.49. The lowest BCUT2D eigenvalue weighted by Crippen LogP contribution is -2.51. The van der Waals surface area contributed by atoms with E-state index in [1.165, 1.54) is 0 Å². The van der Waals surface area contributed by atoms with Gasteiger partial charge in [-0.05, 0) is 17.7 Å². The highest BCUT2D eigenvalue weighted by Gasteiger charge is 2.40. The second-order valence-electron chi connectivity index (χ2n) is 5.87. The van der Waals surface area contributed by atoms with Gasteiger partial charge in [0.15, 0.2) is 17.1 Å². The molecule has 0 aromatic heterocycles. The lowest BCUT2D eigenvalue weighted by Gasteiger charge is -2.35.